The maximum absolute atomic E-state index is 12.2. The minimum atomic E-state index is 0.0583. The monoisotopic (exact) mass is 301 g/mol. The normalized spacial score (nSPS) is 11.9. The molecule has 0 aliphatic rings. The van der Waals surface area contributed by atoms with E-state index >= 15 is 0 Å². The van der Waals surface area contributed by atoms with E-state index < -0.39 is 0 Å². The predicted octanol–water partition coefficient (Wildman–Crippen LogP) is 2.94. The van der Waals surface area contributed by atoms with Crippen LogP contribution in [0.15, 0.2) is 43.0 Å². The lowest BCUT2D eigenvalue weighted by Gasteiger charge is -2.17. The molecule has 0 fully saturated rings. The molecule has 118 valence electrons. The molecule has 0 bridgehead atoms. The molecule has 2 rings (SSSR count). The lowest BCUT2D eigenvalue weighted by molar-refractivity contribution is -0.122. The van der Waals surface area contributed by atoms with Gasteiger partial charge in [0.2, 0.25) is 5.91 Å². The number of rotatable bonds is 8. The van der Waals surface area contributed by atoms with Crippen molar-refractivity contribution in [2.45, 2.75) is 38.8 Å². The Morgan fingerprint density at radius 1 is 1.36 bits per heavy atom. The van der Waals surface area contributed by atoms with Gasteiger partial charge in [0.25, 0.3) is 0 Å². The second-order valence-corrected chi connectivity index (χ2v) is 5.28. The summed E-state index contributed by atoms with van der Waals surface area (Å²) in [5.41, 5.74) is 1.06. The Balaban J connectivity index is 1.85. The van der Waals surface area contributed by atoms with Gasteiger partial charge in [-0.2, -0.15) is 0 Å². The number of nitrogens with zero attached hydrogens (tertiary/aromatic N) is 2. The van der Waals surface area contributed by atoms with Crippen LogP contribution in [0.25, 0.3) is 0 Å². The lowest BCUT2D eigenvalue weighted by atomic mass is 10.1. The Kier molecular flexibility index (Phi) is 6.01. The topological polar surface area (TPSA) is 56.1 Å². The highest BCUT2D eigenvalue weighted by atomic mass is 16.5. The number of carbonyl (C=O) groups excluding carboxylic acids is 1. The predicted molar refractivity (Wildman–Crippen MR) is 85.6 cm³/mol. The Labute approximate surface area is 131 Å². The fourth-order valence-corrected chi connectivity index (χ4v) is 2.41. The van der Waals surface area contributed by atoms with Crippen molar-refractivity contribution in [2.75, 3.05) is 7.11 Å². The van der Waals surface area contributed by atoms with E-state index in [0.717, 1.165) is 24.2 Å². The van der Waals surface area contributed by atoms with Crippen LogP contribution in [0.5, 0.6) is 5.75 Å². The zero-order valence-corrected chi connectivity index (χ0v) is 13.2. The molecule has 0 spiro atoms. The molecule has 1 N–H and O–H groups in total. The van der Waals surface area contributed by atoms with Crippen molar-refractivity contribution in [1.29, 1.82) is 0 Å². The van der Waals surface area contributed by atoms with Gasteiger partial charge < -0.3 is 14.6 Å². The molecule has 5 heteroatoms. The Bertz CT molecular complexity index is 564. The number of methoxy groups -OCH3 is 1. The Morgan fingerprint density at radius 3 is 2.73 bits per heavy atom. The summed E-state index contributed by atoms with van der Waals surface area (Å²) in [5, 5.41) is 2.97. The third-order valence-corrected chi connectivity index (χ3v) is 3.64. The second kappa shape index (κ2) is 8.22. The SMILES string of the molecule is CCC[C@H](CC(=O)NCc1ccc(OC)cc1)n1ccnc1. The number of amides is 1. The van der Waals surface area contributed by atoms with E-state index in [1.165, 1.54) is 0 Å². The van der Waals surface area contributed by atoms with Gasteiger partial charge in [-0.05, 0) is 24.1 Å². The maximum atomic E-state index is 12.2. The van der Waals surface area contributed by atoms with Crippen molar-refractivity contribution >= 4 is 5.91 Å². The number of hydrogen-bond donors (Lipinski definition) is 1. The molecule has 1 amide bonds. The number of imidazole rings is 1. The van der Waals surface area contributed by atoms with Gasteiger partial charge in [0.15, 0.2) is 0 Å². The van der Waals surface area contributed by atoms with Crippen molar-refractivity contribution in [3.63, 3.8) is 0 Å². The third-order valence-electron chi connectivity index (χ3n) is 3.64. The quantitative estimate of drug-likeness (QED) is 0.815. The summed E-state index contributed by atoms with van der Waals surface area (Å²) < 4.78 is 7.13. The van der Waals surface area contributed by atoms with E-state index in [-0.39, 0.29) is 11.9 Å². The minimum absolute atomic E-state index is 0.0583. The van der Waals surface area contributed by atoms with Gasteiger partial charge in [-0.15, -0.1) is 0 Å². The summed E-state index contributed by atoms with van der Waals surface area (Å²) in [6.07, 6.45) is 7.91. The lowest BCUT2D eigenvalue weighted by Crippen LogP contribution is -2.26. The van der Waals surface area contributed by atoms with Gasteiger partial charge in [0.05, 0.1) is 13.4 Å². The molecule has 1 aromatic carbocycles. The van der Waals surface area contributed by atoms with Crippen molar-refractivity contribution in [1.82, 2.24) is 14.9 Å². The number of carbonyl (C=O) groups is 1. The third kappa shape index (κ3) is 4.62. The molecule has 22 heavy (non-hydrogen) atoms. The van der Waals surface area contributed by atoms with Crippen LogP contribution < -0.4 is 10.1 Å². The highest BCUT2D eigenvalue weighted by molar-refractivity contribution is 5.76. The molecule has 1 atom stereocenters. The van der Waals surface area contributed by atoms with Crippen molar-refractivity contribution in [3.05, 3.63) is 48.5 Å². The molecule has 0 unspecified atom stereocenters. The molecular weight excluding hydrogens is 278 g/mol. The van der Waals surface area contributed by atoms with E-state index in [1.54, 1.807) is 19.6 Å². The van der Waals surface area contributed by atoms with Gasteiger partial charge in [0, 0.05) is 31.4 Å². The summed E-state index contributed by atoms with van der Waals surface area (Å²) in [5.74, 6) is 0.876. The summed E-state index contributed by atoms with van der Waals surface area (Å²) in [4.78, 5) is 16.2. The van der Waals surface area contributed by atoms with E-state index in [4.69, 9.17) is 4.74 Å². The smallest absolute Gasteiger partial charge is 0.222 e. The van der Waals surface area contributed by atoms with Crippen LogP contribution in [0.3, 0.4) is 0 Å². The first-order valence-electron chi connectivity index (χ1n) is 7.60. The minimum Gasteiger partial charge on any atom is -0.497 e. The fourth-order valence-electron chi connectivity index (χ4n) is 2.41. The van der Waals surface area contributed by atoms with E-state index in [0.29, 0.717) is 13.0 Å². The van der Waals surface area contributed by atoms with Crippen LogP contribution in [0.1, 0.15) is 37.8 Å². The molecule has 1 aromatic heterocycles. The summed E-state index contributed by atoms with van der Waals surface area (Å²) in [7, 11) is 1.64. The molecule has 0 saturated heterocycles. The molecule has 0 aliphatic heterocycles. The molecule has 0 saturated carbocycles. The largest absolute Gasteiger partial charge is 0.497 e. The maximum Gasteiger partial charge on any atom is 0.222 e. The van der Waals surface area contributed by atoms with Crippen LogP contribution in [-0.4, -0.2) is 22.6 Å². The zero-order chi connectivity index (χ0) is 15.8. The summed E-state index contributed by atoms with van der Waals surface area (Å²) in [6.45, 7) is 2.66. The van der Waals surface area contributed by atoms with Crippen LogP contribution in [0.2, 0.25) is 0 Å². The van der Waals surface area contributed by atoms with Crippen molar-refractivity contribution in [3.8, 4) is 5.75 Å². The average molecular weight is 301 g/mol. The molecule has 0 aliphatic carbocycles. The summed E-state index contributed by atoms with van der Waals surface area (Å²) >= 11 is 0. The average Bonchev–Trinajstić information content (AvgIpc) is 3.07. The first kappa shape index (κ1) is 16.1. The number of hydrogen-bond acceptors (Lipinski definition) is 3. The van der Waals surface area contributed by atoms with E-state index in [2.05, 4.69) is 17.2 Å². The van der Waals surface area contributed by atoms with Gasteiger partial charge in [-0.25, -0.2) is 4.98 Å². The van der Waals surface area contributed by atoms with Crippen LogP contribution in [0, 0.1) is 0 Å². The van der Waals surface area contributed by atoms with E-state index in [9.17, 15) is 4.79 Å². The number of aromatic nitrogens is 2. The molecular formula is C17H23N3O2. The highest BCUT2D eigenvalue weighted by Crippen LogP contribution is 2.17. The van der Waals surface area contributed by atoms with Gasteiger partial charge in [-0.3, -0.25) is 4.79 Å². The summed E-state index contributed by atoms with van der Waals surface area (Å²) in [6, 6.07) is 7.87. The molecule has 1 heterocycles. The van der Waals surface area contributed by atoms with Crippen molar-refractivity contribution in [2.24, 2.45) is 0 Å². The zero-order valence-electron chi connectivity index (χ0n) is 13.2. The molecule has 5 nitrogen and oxygen atoms in total. The van der Waals surface area contributed by atoms with E-state index in [1.807, 2.05) is 35.0 Å². The number of ether oxygens (including phenoxy) is 1. The second-order valence-electron chi connectivity index (χ2n) is 5.28. The van der Waals surface area contributed by atoms with Crippen LogP contribution in [-0.2, 0) is 11.3 Å². The first-order chi connectivity index (χ1) is 10.7. The van der Waals surface area contributed by atoms with Gasteiger partial charge in [-0.1, -0.05) is 25.5 Å². The van der Waals surface area contributed by atoms with Gasteiger partial charge in [0.1, 0.15) is 5.75 Å². The Hall–Kier alpha value is -2.30. The first-order valence-corrected chi connectivity index (χ1v) is 7.60. The number of benzene rings is 1. The fraction of sp³-hybridized carbons (Fsp3) is 0.412. The molecule has 2 aromatic rings. The van der Waals surface area contributed by atoms with Crippen LogP contribution >= 0.6 is 0 Å². The molecule has 0 radical (unpaired) electrons. The van der Waals surface area contributed by atoms with Gasteiger partial charge >= 0.3 is 0 Å². The van der Waals surface area contributed by atoms with Crippen molar-refractivity contribution < 1.29 is 9.53 Å². The number of nitrogens with one attached hydrogen (secondary N) is 1. The Morgan fingerprint density at radius 2 is 2.14 bits per heavy atom. The highest BCUT2D eigenvalue weighted by Gasteiger charge is 2.14. The van der Waals surface area contributed by atoms with Crippen LogP contribution in [0.4, 0.5) is 0 Å². The standard InChI is InChI=1S/C17H23N3O2/c1-3-4-15(20-10-9-18-13-20)11-17(21)19-12-14-5-7-16(22-2)8-6-14/h5-10,13,15H,3-4,11-12H2,1-2H3,(H,19,21)/t15-/m1/s1.